The van der Waals surface area contributed by atoms with Crippen molar-refractivity contribution in [3.8, 4) is 0 Å². The minimum absolute atomic E-state index is 0.00200. The molecule has 2 atom stereocenters. The van der Waals surface area contributed by atoms with Gasteiger partial charge in [-0.1, -0.05) is 31.5 Å². The van der Waals surface area contributed by atoms with Crippen LogP contribution in [0, 0.1) is 18.8 Å². The van der Waals surface area contributed by atoms with E-state index in [0.29, 0.717) is 19.0 Å². The smallest absolute Gasteiger partial charge is 0.227 e. The van der Waals surface area contributed by atoms with Crippen molar-refractivity contribution in [2.24, 2.45) is 17.6 Å². The maximum atomic E-state index is 12.4. The number of benzene rings is 1. The lowest BCUT2D eigenvalue weighted by atomic mass is 10.0. The summed E-state index contributed by atoms with van der Waals surface area (Å²) in [5.74, 6) is 0.106. The van der Waals surface area contributed by atoms with Crippen molar-refractivity contribution >= 4 is 17.5 Å². The Labute approximate surface area is 138 Å². The lowest BCUT2D eigenvalue weighted by Gasteiger charge is -2.21. The van der Waals surface area contributed by atoms with Crippen LogP contribution in [-0.2, 0) is 9.59 Å². The molecular formula is C18H27N3O2. The summed E-state index contributed by atoms with van der Waals surface area (Å²) in [5.41, 5.74) is 7.74. The predicted molar refractivity (Wildman–Crippen MR) is 92.1 cm³/mol. The van der Waals surface area contributed by atoms with Crippen LogP contribution in [0.4, 0.5) is 5.69 Å². The number of aryl methyl sites for hydroxylation is 1. The van der Waals surface area contributed by atoms with Gasteiger partial charge in [0.2, 0.25) is 11.8 Å². The minimum Gasteiger partial charge on any atom is -0.352 e. The van der Waals surface area contributed by atoms with Gasteiger partial charge in [-0.15, -0.1) is 0 Å². The molecule has 2 amide bonds. The average Bonchev–Trinajstić information content (AvgIpc) is 2.89. The van der Waals surface area contributed by atoms with E-state index < -0.39 is 0 Å². The number of hydrogen-bond donors (Lipinski definition) is 2. The topological polar surface area (TPSA) is 75.4 Å². The Bertz CT molecular complexity index is 554. The molecule has 1 heterocycles. The Kier molecular flexibility index (Phi) is 5.77. The van der Waals surface area contributed by atoms with Crippen molar-refractivity contribution < 1.29 is 9.59 Å². The lowest BCUT2D eigenvalue weighted by Crippen LogP contribution is -2.44. The van der Waals surface area contributed by atoms with Gasteiger partial charge in [0.15, 0.2) is 0 Å². The molecule has 0 saturated carbocycles. The summed E-state index contributed by atoms with van der Waals surface area (Å²) in [4.78, 5) is 26.4. The lowest BCUT2D eigenvalue weighted by molar-refractivity contribution is -0.127. The molecule has 0 radical (unpaired) electrons. The van der Waals surface area contributed by atoms with Crippen LogP contribution in [0.2, 0.25) is 0 Å². The Morgan fingerprint density at radius 1 is 1.35 bits per heavy atom. The molecule has 2 unspecified atom stereocenters. The van der Waals surface area contributed by atoms with Gasteiger partial charge in [-0.3, -0.25) is 9.59 Å². The fraction of sp³-hybridized carbons (Fsp3) is 0.556. The van der Waals surface area contributed by atoms with Gasteiger partial charge in [0.25, 0.3) is 0 Å². The zero-order valence-corrected chi connectivity index (χ0v) is 14.2. The zero-order valence-electron chi connectivity index (χ0n) is 14.2. The highest BCUT2D eigenvalue weighted by Gasteiger charge is 2.35. The Morgan fingerprint density at radius 2 is 2.00 bits per heavy atom. The highest BCUT2D eigenvalue weighted by molar-refractivity contribution is 6.00. The standard InChI is InChI=1S/C18H27N3O2/c1-12(2)8-15(10-19)20-18(23)14-9-17(22)21(11-14)16-6-4-13(3)5-7-16/h4-7,12,14-15H,8-11,19H2,1-3H3,(H,20,23). The molecular weight excluding hydrogens is 290 g/mol. The molecule has 0 spiro atoms. The van der Waals surface area contributed by atoms with Crippen LogP contribution < -0.4 is 16.0 Å². The van der Waals surface area contributed by atoms with Crippen LogP contribution in [0.25, 0.3) is 0 Å². The van der Waals surface area contributed by atoms with Gasteiger partial charge < -0.3 is 16.0 Å². The van der Waals surface area contributed by atoms with Crippen LogP contribution in [0.1, 0.15) is 32.3 Å². The number of nitrogens with two attached hydrogens (primary N) is 1. The molecule has 1 aliphatic heterocycles. The molecule has 0 aromatic heterocycles. The van der Waals surface area contributed by atoms with E-state index in [0.717, 1.165) is 17.7 Å². The first-order valence-corrected chi connectivity index (χ1v) is 8.28. The SMILES string of the molecule is Cc1ccc(N2CC(C(=O)NC(CN)CC(C)C)CC2=O)cc1. The van der Waals surface area contributed by atoms with Crippen LogP contribution in [0.15, 0.2) is 24.3 Å². The second kappa shape index (κ2) is 7.59. The number of rotatable bonds is 6. The second-order valence-electron chi connectivity index (χ2n) is 6.81. The van der Waals surface area contributed by atoms with Crippen molar-refractivity contribution in [2.75, 3.05) is 18.0 Å². The molecule has 3 N–H and O–H groups in total. The van der Waals surface area contributed by atoms with Crippen LogP contribution in [0.5, 0.6) is 0 Å². The number of carbonyl (C=O) groups excluding carboxylic acids is 2. The van der Waals surface area contributed by atoms with Crippen LogP contribution >= 0.6 is 0 Å². The maximum Gasteiger partial charge on any atom is 0.227 e. The van der Waals surface area contributed by atoms with Crippen molar-refractivity contribution in [3.63, 3.8) is 0 Å². The van der Waals surface area contributed by atoms with Gasteiger partial charge in [-0.25, -0.2) is 0 Å². The summed E-state index contributed by atoms with van der Waals surface area (Å²) < 4.78 is 0. The minimum atomic E-state index is -0.301. The fourth-order valence-electron chi connectivity index (χ4n) is 2.96. The number of nitrogens with zero attached hydrogens (tertiary/aromatic N) is 1. The van der Waals surface area contributed by atoms with Gasteiger partial charge in [-0.05, 0) is 31.4 Å². The van der Waals surface area contributed by atoms with Gasteiger partial charge in [0.05, 0.1) is 5.92 Å². The van der Waals surface area contributed by atoms with E-state index in [9.17, 15) is 9.59 Å². The molecule has 23 heavy (non-hydrogen) atoms. The fourth-order valence-corrected chi connectivity index (χ4v) is 2.96. The molecule has 1 saturated heterocycles. The summed E-state index contributed by atoms with van der Waals surface area (Å²) in [6.07, 6.45) is 1.11. The van der Waals surface area contributed by atoms with Gasteiger partial charge in [0.1, 0.15) is 0 Å². The van der Waals surface area contributed by atoms with E-state index in [-0.39, 0.29) is 30.2 Å². The third-order valence-electron chi connectivity index (χ3n) is 4.23. The predicted octanol–water partition coefficient (Wildman–Crippen LogP) is 1.84. The van der Waals surface area contributed by atoms with Gasteiger partial charge >= 0.3 is 0 Å². The molecule has 1 aromatic carbocycles. The van der Waals surface area contributed by atoms with E-state index in [1.807, 2.05) is 31.2 Å². The third-order valence-corrected chi connectivity index (χ3v) is 4.23. The summed E-state index contributed by atoms with van der Waals surface area (Å²) in [5, 5.41) is 3.00. The molecule has 0 aliphatic carbocycles. The molecule has 2 rings (SSSR count). The number of carbonyl (C=O) groups is 2. The van der Waals surface area contributed by atoms with Crippen molar-refractivity contribution in [3.05, 3.63) is 29.8 Å². The van der Waals surface area contributed by atoms with E-state index in [1.54, 1.807) is 4.90 Å². The summed E-state index contributed by atoms with van der Waals surface area (Å²) in [7, 11) is 0. The summed E-state index contributed by atoms with van der Waals surface area (Å²) >= 11 is 0. The first-order chi connectivity index (χ1) is 10.9. The van der Waals surface area contributed by atoms with Gasteiger partial charge in [0, 0.05) is 31.2 Å². The first kappa shape index (κ1) is 17.5. The number of amides is 2. The average molecular weight is 317 g/mol. The molecule has 1 fully saturated rings. The van der Waals surface area contributed by atoms with Crippen molar-refractivity contribution in [2.45, 2.75) is 39.7 Å². The van der Waals surface area contributed by atoms with Crippen molar-refractivity contribution in [1.82, 2.24) is 5.32 Å². The molecule has 5 nitrogen and oxygen atoms in total. The maximum absolute atomic E-state index is 12.4. The molecule has 1 aromatic rings. The van der Waals surface area contributed by atoms with E-state index in [2.05, 4.69) is 19.2 Å². The summed E-state index contributed by atoms with van der Waals surface area (Å²) in [6, 6.07) is 7.78. The zero-order chi connectivity index (χ0) is 17.0. The number of nitrogens with one attached hydrogen (secondary N) is 1. The third kappa shape index (κ3) is 4.55. The van der Waals surface area contributed by atoms with Crippen LogP contribution in [0.3, 0.4) is 0 Å². The number of hydrogen-bond acceptors (Lipinski definition) is 3. The molecule has 5 heteroatoms. The largest absolute Gasteiger partial charge is 0.352 e. The molecule has 126 valence electrons. The normalized spacial score (nSPS) is 19.3. The van der Waals surface area contributed by atoms with Crippen LogP contribution in [-0.4, -0.2) is 30.9 Å². The van der Waals surface area contributed by atoms with E-state index in [1.165, 1.54) is 0 Å². The second-order valence-corrected chi connectivity index (χ2v) is 6.81. The Hall–Kier alpha value is -1.88. The van der Waals surface area contributed by atoms with E-state index in [4.69, 9.17) is 5.73 Å². The Morgan fingerprint density at radius 3 is 2.57 bits per heavy atom. The monoisotopic (exact) mass is 317 g/mol. The quantitative estimate of drug-likeness (QED) is 0.840. The van der Waals surface area contributed by atoms with Gasteiger partial charge in [-0.2, -0.15) is 0 Å². The first-order valence-electron chi connectivity index (χ1n) is 8.28. The van der Waals surface area contributed by atoms with E-state index >= 15 is 0 Å². The molecule has 0 bridgehead atoms. The summed E-state index contributed by atoms with van der Waals surface area (Å²) in [6.45, 7) is 7.08. The number of anilines is 1. The molecule has 1 aliphatic rings. The highest BCUT2D eigenvalue weighted by Crippen LogP contribution is 2.25. The Balaban J connectivity index is 1.98. The highest BCUT2D eigenvalue weighted by atomic mass is 16.2. The van der Waals surface area contributed by atoms with Crippen molar-refractivity contribution in [1.29, 1.82) is 0 Å².